The number of nitrogens with two attached hydrogens (primary N) is 1. The van der Waals surface area contributed by atoms with Crippen molar-refractivity contribution in [3.05, 3.63) is 11.8 Å². The quantitative estimate of drug-likeness (QED) is 0.851. The number of nitrogens with zero attached hydrogens (tertiary/aromatic N) is 6. The van der Waals surface area contributed by atoms with Gasteiger partial charge in [0.1, 0.15) is 5.03 Å². The van der Waals surface area contributed by atoms with Gasteiger partial charge in [-0.3, -0.25) is 0 Å². The van der Waals surface area contributed by atoms with Crippen LogP contribution in [0.1, 0.15) is 37.4 Å². The van der Waals surface area contributed by atoms with E-state index in [1.807, 2.05) is 17.7 Å². The first-order valence-corrected chi connectivity index (χ1v) is 7.11. The predicted octanol–water partition coefficient (Wildman–Crippen LogP) is 1.62. The number of anilines is 1. The number of hydrogen-bond donors (Lipinski definition) is 1. The van der Waals surface area contributed by atoms with Gasteiger partial charge < -0.3 is 5.73 Å². The van der Waals surface area contributed by atoms with Crippen LogP contribution in [0.3, 0.4) is 0 Å². The maximum Gasteiger partial charge on any atom is 0.221 e. The Hall–Kier alpha value is -1.70. The second kappa shape index (κ2) is 5.12. The van der Waals surface area contributed by atoms with Crippen molar-refractivity contribution in [2.45, 2.75) is 48.8 Å². The van der Waals surface area contributed by atoms with E-state index in [1.165, 1.54) is 24.6 Å². The van der Waals surface area contributed by atoms with E-state index in [-0.39, 0.29) is 5.95 Å². The van der Waals surface area contributed by atoms with Gasteiger partial charge in [0, 0.05) is 5.69 Å². The summed E-state index contributed by atoms with van der Waals surface area (Å²) in [5.41, 5.74) is 6.50. The summed E-state index contributed by atoms with van der Waals surface area (Å²) in [5.74, 6) is 0.280. The SMILES string of the molecule is Cc1cc(Sc2nnnn2C2CCCC2)nc(N)n1. The molecule has 1 aliphatic carbocycles. The summed E-state index contributed by atoms with van der Waals surface area (Å²) in [4.78, 5) is 8.26. The van der Waals surface area contributed by atoms with Gasteiger partial charge in [-0.15, -0.1) is 5.10 Å². The molecule has 2 heterocycles. The van der Waals surface area contributed by atoms with E-state index in [0.29, 0.717) is 6.04 Å². The molecule has 100 valence electrons. The highest BCUT2D eigenvalue weighted by molar-refractivity contribution is 7.99. The Labute approximate surface area is 115 Å². The molecule has 3 rings (SSSR count). The highest BCUT2D eigenvalue weighted by Crippen LogP contribution is 2.33. The Kier molecular flexibility index (Phi) is 3.33. The van der Waals surface area contributed by atoms with Crippen LogP contribution in [-0.4, -0.2) is 30.2 Å². The Balaban J connectivity index is 1.85. The summed E-state index contributed by atoms with van der Waals surface area (Å²) in [6.45, 7) is 1.89. The zero-order chi connectivity index (χ0) is 13.2. The second-order valence-electron chi connectivity index (χ2n) is 4.65. The number of aryl methyl sites for hydroxylation is 1. The molecule has 0 aliphatic heterocycles. The summed E-state index contributed by atoms with van der Waals surface area (Å²) in [5, 5.41) is 13.5. The van der Waals surface area contributed by atoms with Crippen LogP contribution in [0.25, 0.3) is 0 Å². The summed E-state index contributed by atoms with van der Waals surface area (Å²) in [6.07, 6.45) is 4.77. The lowest BCUT2D eigenvalue weighted by Crippen LogP contribution is -2.08. The standard InChI is InChI=1S/C11H15N7S/c1-7-6-9(14-10(12)13-7)19-11-15-16-17-18(11)8-4-2-3-5-8/h6,8H,2-5H2,1H3,(H2,12,13,14). The molecule has 1 saturated carbocycles. The summed E-state index contributed by atoms with van der Waals surface area (Å²) in [6, 6.07) is 2.30. The first-order chi connectivity index (χ1) is 9.22. The van der Waals surface area contributed by atoms with Crippen molar-refractivity contribution in [2.24, 2.45) is 0 Å². The molecule has 0 unspecified atom stereocenters. The third-order valence-electron chi connectivity index (χ3n) is 3.18. The normalized spacial score (nSPS) is 16.1. The largest absolute Gasteiger partial charge is 0.368 e. The van der Waals surface area contributed by atoms with Gasteiger partial charge >= 0.3 is 0 Å². The number of tetrazole rings is 1. The maximum absolute atomic E-state index is 5.65. The third kappa shape index (κ3) is 2.67. The Morgan fingerprint density at radius 2 is 2.11 bits per heavy atom. The zero-order valence-corrected chi connectivity index (χ0v) is 11.5. The van der Waals surface area contributed by atoms with Crippen molar-refractivity contribution in [3.63, 3.8) is 0 Å². The van der Waals surface area contributed by atoms with Gasteiger partial charge in [0.25, 0.3) is 0 Å². The number of hydrogen-bond acceptors (Lipinski definition) is 7. The first kappa shape index (κ1) is 12.3. The molecule has 8 heteroatoms. The van der Waals surface area contributed by atoms with Crippen molar-refractivity contribution in [3.8, 4) is 0 Å². The summed E-state index contributed by atoms with van der Waals surface area (Å²) in [7, 11) is 0. The Bertz CT molecular complexity index is 556. The molecule has 7 nitrogen and oxygen atoms in total. The molecular weight excluding hydrogens is 262 g/mol. The fourth-order valence-electron chi connectivity index (χ4n) is 2.34. The second-order valence-corrected chi connectivity index (χ2v) is 5.64. The van der Waals surface area contributed by atoms with Crippen LogP contribution in [0.4, 0.5) is 5.95 Å². The highest BCUT2D eigenvalue weighted by atomic mass is 32.2. The van der Waals surface area contributed by atoms with E-state index in [0.717, 1.165) is 28.7 Å². The number of rotatable bonds is 3. The van der Waals surface area contributed by atoms with E-state index in [1.54, 1.807) is 0 Å². The first-order valence-electron chi connectivity index (χ1n) is 6.29. The van der Waals surface area contributed by atoms with Crippen molar-refractivity contribution >= 4 is 17.7 Å². The third-order valence-corrected chi connectivity index (χ3v) is 4.05. The molecule has 1 fully saturated rings. The molecule has 0 bridgehead atoms. The van der Waals surface area contributed by atoms with E-state index >= 15 is 0 Å². The van der Waals surface area contributed by atoms with Gasteiger partial charge in [-0.25, -0.2) is 14.6 Å². The van der Waals surface area contributed by atoms with E-state index in [4.69, 9.17) is 5.73 Å². The van der Waals surface area contributed by atoms with Crippen LogP contribution in [0.2, 0.25) is 0 Å². The monoisotopic (exact) mass is 277 g/mol. The van der Waals surface area contributed by atoms with Crippen LogP contribution in [0.5, 0.6) is 0 Å². The van der Waals surface area contributed by atoms with Crippen LogP contribution in [-0.2, 0) is 0 Å². The van der Waals surface area contributed by atoms with Crippen molar-refractivity contribution in [2.75, 3.05) is 5.73 Å². The van der Waals surface area contributed by atoms with Crippen LogP contribution in [0, 0.1) is 6.92 Å². The average Bonchev–Trinajstić information content (AvgIpc) is 2.96. The van der Waals surface area contributed by atoms with Gasteiger partial charge in [-0.2, -0.15) is 0 Å². The molecule has 0 aromatic carbocycles. The van der Waals surface area contributed by atoms with Crippen molar-refractivity contribution in [1.82, 2.24) is 30.2 Å². The average molecular weight is 277 g/mol. The zero-order valence-electron chi connectivity index (χ0n) is 10.7. The minimum atomic E-state index is 0.280. The van der Waals surface area contributed by atoms with Gasteiger partial charge in [0.05, 0.1) is 6.04 Å². The lowest BCUT2D eigenvalue weighted by atomic mass is 10.3. The molecule has 0 amide bonds. The fourth-order valence-corrected chi connectivity index (χ4v) is 3.25. The van der Waals surface area contributed by atoms with Crippen LogP contribution < -0.4 is 5.73 Å². The van der Waals surface area contributed by atoms with Crippen LogP contribution in [0.15, 0.2) is 16.2 Å². The molecule has 0 radical (unpaired) electrons. The lowest BCUT2D eigenvalue weighted by Gasteiger charge is -2.10. The lowest BCUT2D eigenvalue weighted by molar-refractivity contribution is 0.423. The molecule has 1 aliphatic rings. The molecule has 0 spiro atoms. The molecular formula is C11H15N7S. The van der Waals surface area contributed by atoms with E-state index in [2.05, 4.69) is 25.5 Å². The molecule has 0 atom stereocenters. The summed E-state index contributed by atoms with van der Waals surface area (Å²) >= 11 is 1.43. The molecule has 19 heavy (non-hydrogen) atoms. The van der Waals surface area contributed by atoms with Gasteiger partial charge in [-0.05, 0) is 48.0 Å². The minimum absolute atomic E-state index is 0.280. The van der Waals surface area contributed by atoms with Crippen molar-refractivity contribution in [1.29, 1.82) is 0 Å². The molecule has 2 N–H and O–H groups in total. The van der Waals surface area contributed by atoms with Crippen LogP contribution >= 0.6 is 11.8 Å². The minimum Gasteiger partial charge on any atom is -0.368 e. The molecule has 0 saturated heterocycles. The summed E-state index contributed by atoms with van der Waals surface area (Å²) < 4.78 is 1.91. The van der Waals surface area contributed by atoms with Gasteiger partial charge in [0.15, 0.2) is 0 Å². The predicted molar refractivity (Wildman–Crippen MR) is 70.6 cm³/mol. The van der Waals surface area contributed by atoms with E-state index in [9.17, 15) is 0 Å². The van der Waals surface area contributed by atoms with Crippen molar-refractivity contribution < 1.29 is 0 Å². The van der Waals surface area contributed by atoms with Gasteiger partial charge in [0.2, 0.25) is 11.1 Å². The Morgan fingerprint density at radius 3 is 2.84 bits per heavy atom. The molecule has 2 aromatic heterocycles. The number of aromatic nitrogens is 6. The maximum atomic E-state index is 5.65. The number of nitrogen functional groups attached to an aromatic ring is 1. The fraction of sp³-hybridized carbons (Fsp3) is 0.545. The molecule has 2 aromatic rings. The van der Waals surface area contributed by atoms with Gasteiger partial charge in [-0.1, -0.05) is 12.8 Å². The smallest absolute Gasteiger partial charge is 0.221 e. The van der Waals surface area contributed by atoms with E-state index < -0.39 is 0 Å². The highest BCUT2D eigenvalue weighted by Gasteiger charge is 2.22. The Morgan fingerprint density at radius 1 is 1.32 bits per heavy atom. The topological polar surface area (TPSA) is 95.4 Å².